The molecule has 2 aromatic rings. The molecule has 144 valence electrons. The third-order valence-electron chi connectivity index (χ3n) is 4.92. The maximum absolute atomic E-state index is 11.1. The van der Waals surface area contributed by atoms with Crippen molar-refractivity contribution in [2.45, 2.75) is 35.7 Å². The molecule has 0 unspecified atom stereocenters. The highest BCUT2D eigenvalue weighted by Gasteiger charge is 2.31. The van der Waals surface area contributed by atoms with Crippen molar-refractivity contribution in [1.82, 2.24) is 4.90 Å². The van der Waals surface area contributed by atoms with Crippen LogP contribution in [0.3, 0.4) is 0 Å². The summed E-state index contributed by atoms with van der Waals surface area (Å²) < 4.78 is 5.24. The minimum Gasteiger partial charge on any atom is -0.497 e. The summed E-state index contributed by atoms with van der Waals surface area (Å²) >= 11 is 1.74. The zero-order valence-electron chi connectivity index (χ0n) is 16.0. The number of para-hydroxylation sites is 1. The molecule has 1 fully saturated rings. The van der Waals surface area contributed by atoms with Gasteiger partial charge in [-0.3, -0.25) is 9.69 Å². The molecule has 0 bridgehead atoms. The third kappa shape index (κ3) is 4.76. The second kappa shape index (κ2) is 8.67. The Kier molecular flexibility index (Phi) is 6.29. The van der Waals surface area contributed by atoms with Crippen LogP contribution in [0.5, 0.6) is 5.75 Å². The summed E-state index contributed by atoms with van der Waals surface area (Å²) in [6.07, 6.45) is 0. The molecule has 1 heterocycles. The lowest BCUT2D eigenvalue weighted by atomic mass is 10.1. The minimum absolute atomic E-state index is 0.0988. The lowest BCUT2D eigenvalue weighted by molar-refractivity contribution is -0.139. The highest BCUT2D eigenvalue weighted by Crippen LogP contribution is 2.37. The van der Waals surface area contributed by atoms with E-state index in [1.165, 1.54) is 10.6 Å². The topological polar surface area (TPSA) is 53.0 Å². The Morgan fingerprint density at radius 1 is 1.11 bits per heavy atom. The van der Waals surface area contributed by atoms with Gasteiger partial charge < -0.3 is 14.7 Å². The highest BCUT2D eigenvalue weighted by atomic mass is 32.2. The zero-order valence-corrected chi connectivity index (χ0v) is 16.8. The van der Waals surface area contributed by atoms with E-state index in [4.69, 9.17) is 9.84 Å². The first kappa shape index (κ1) is 19.6. The Labute approximate surface area is 164 Å². The van der Waals surface area contributed by atoms with Gasteiger partial charge >= 0.3 is 5.97 Å². The average Bonchev–Trinajstić information content (AvgIpc) is 2.65. The Hall–Kier alpha value is -2.18. The Balaban J connectivity index is 1.79. The number of anilines is 1. The second-order valence-electron chi connectivity index (χ2n) is 6.92. The molecule has 0 amide bonds. The molecule has 0 aromatic heterocycles. The summed E-state index contributed by atoms with van der Waals surface area (Å²) in [5.41, 5.74) is 1.20. The average molecular weight is 387 g/mol. The molecule has 2 aromatic carbocycles. The van der Waals surface area contributed by atoms with Gasteiger partial charge in [0.1, 0.15) is 5.75 Å². The molecular weight excluding hydrogens is 360 g/mol. The normalized spacial score (nSPS) is 20.5. The van der Waals surface area contributed by atoms with Crippen LogP contribution in [0.4, 0.5) is 5.69 Å². The number of carbonyl (C=O) groups is 1. The van der Waals surface area contributed by atoms with E-state index >= 15 is 0 Å². The van der Waals surface area contributed by atoms with Crippen LogP contribution in [-0.2, 0) is 4.79 Å². The highest BCUT2D eigenvalue weighted by molar-refractivity contribution is 7.99. The van der Waals surface area contributed by atoms with Crippen molar-refractivity contribution in [3.63, 3.8) is 0 Å². The lowest BCUT2D eigenvalue weighted by Crippen LogP contribution is -2.57. The fourth-order valence-corrected chi connectivity index (χ4v) is 4.44. The number of hydrogen-bond donors (Lipinski definition) is 1. The van der Waals surface area contributed by atoms with Crippen molar-refractivity contribution in [2.75, 3.05) is 31.6 Å². The van der Waals surface area contributed by atoms with Crippen LogP contribution in [0.1, 0.15) is 13.8 Å². The summed E-state index contributed by atoms with van der Waals surface area (Å²) in [6.45, 7) is 5.92. The molecule has 0 radical (unpaired) electrons. The summed E-state index contributed by atoms with van der Waals surface area (Å²) in [5.74, 6) is 0.0857. The van der Waals surface area contributed by atoms with Crippen LogP contribution in [0.25, 0.3) is 0 Å². The van der Waals surface area contributed by atoms with Gasteiger partial charge in [0.2, 0.25) is 0 Å². The van der Waals surface area contributed by atoms with Gasteiger partial charge in [-0.2, -0.15) is 0 Å². The SMILES string of the molecule is COc1ccc(Sc2ccccc2N2C[C@H](C)N(CC(=O)O)C[C@@H]2C)cc1. The number of methoxy groups -OCH3 is 1. The van der Waals surface area contributed by atoms with E-state index in [1.807, 2.05) is 17.0 Å². The fourth-order valence-electron chi connectivity index (χ4n) is 3.48. The van der Waals surface area contributed by atoms with Crippen LogP contribution in [0.15, 0.2) is 58.3 Å². The van der Waals surface area contributed by atoms with Crippen molar-refractivity contribution in [3.8, 4) is 5.75 Å². The number of benzene rings is 2. The monoisotopic (exact) mass is 386 g/mol. The first-order chi connectivity index (χ1) is 13.0. The number of carboxylic acids is 1. The molecule has 1 aliphatic rings. The number of rotatable bonds is 6. The third-order valence-corrected chi connectivity index (χ3v) is 5.99. The summed E-state index contributed by atoms with van der Waals surface area (Å²) in [4.78, 5) is 17.9. The van der Waals surface area contributed by atoms with Crippen LogP contribution < -0.4 is 9.64 Å². The minimum atomic E-state index is -0.766. The van der Waals surface area contributed by atoms with Gasteiger partial charge in [-0.05, 0) is 50.2 Å². The first-order valence-electron chi connectivity index (χ1n) is 9.11. The zero-order chi connectivity index (χ0) is 19.4. The van der Waals surface area contributed by atoms with E-state index in [0.29, 0.717) is 0 Å². The van der Waals surface area contributed by atoms with E-state index < -0.39 is 5.97 Å². The summed E-state index contributed by atoms with van der Waals surface area (Å²) in [7, 11) is 1.67. The maximum Gasteiger partial charge on any atom is 0.317 e. The molecule has 1 saturated heterocycles. The number of carboxylic acid groups (broad SMARTS) is 1. The number of hydrogen-bond acceptors (Lipinski definition) is 5. The second-order valence-corrected chi connectivity index (χ2v) is 8.03. The summed E-state index contributed by atoms with van der Waals surface area (Å²) in [6, 6.07) is 16.9. The molecule has 1 N–H and O–H groups in total. The van der Waals surface area contributed by atoms with E-state index in [1.54, 1.807) is 18.9 Å². The van der Waals surface area contributed by atoms with Crippen molar-refractivity contribution < 1.29 is 14.6 Å². The molecule has 5 nitrogen and oxygen atoms in total. The smallest absolute Gasteiger partial charge is 0.317 e. The van der Waals surface area contributed by atoms with Crippen LogP contribution >= 0.6 is 11.8 Å². The Morgan fingerprint density at radius 3 is 2.48 bits per heavy atom. The predicted molar refractivity (Wildman–Crippen MR) is 109 cm³/mol. The first-order valence-corrected chi connectivity index (χ1v) is 9.93. The van der Waals surface area contributed by atoms with Crippen molar-refractivity contribution >= 4 is 23.4 Å². The largest absolute Gasteiger partial charge is 0.497 e. The number of aliphatic carboxylic acids is 1. The van der Waals surface area contributed by atoms with Gasteiger partial charge in [0.05, 0.1) is 19.3 Å². The van der Waals surface area contributed by atoms with Gasteiger partial charge in [-0.25, -0.2) is 0 Å². The van der Waals surface area contributed by atoms with Crippen LogP contribution in [0.2, 0.25) is 0 Å². The van der Waals surface area contributed by atoms with Gasteiger partial charge in [0.25, 0.3) is 0 Å². The van der Waals surface area contributed by atoms with Crippen molar-refractivity contribution in [2.24, 2.45) is 0 Å². The molecule has 1 aliphatic heterocycles. The number of piperazine rings is 1. The molecule has 3 rings (SSSR count). The lowest BCUT2D eigenvalue weighted by Gasteiger charge is -2.45. The van der Waals surface area contributed by atoms with E-state index in [9.17, 15) is 4.79 Å². The fraction of sp³-hybridized carbons (Fsp3) is 0.381. The van der Waals surface area contributed by atoms with E-state index in [2.05, 4.69) is 55.1 Å². The molecule has 0 saturated carbocycles. The number of nitrogens with zero attached hydrogens (tertiary/aromatic N) is 2. The molecule has 6 heteroatoms. The predicted octanol–water partition coefficient (Wildman–Crippen LogP) is 3.83. The van der Waals surface area contributed by atoms with Crippen LogP contribution in [-0.4, -0.2) is 54.8 Å². The molecular formula is C21H26N2O3S. The molecule has 27 heavy (non-hydrogen) atoms. The van der Waals surface area contributed by atoms with Gasteiger partial charge in [0.15, 0.2) is 0 Å². The Morgan fingerprint density at radius 2 is 1.81 bits per heavy atom. The van der Waals surface area contributed by atoms with E-state index in [-0.39, 0.29) is 18.6 Å². The van der Waals surface area contributed by atoms with Crippen molar-refractivity contribution in [1.29, 1.82) is 0 Å². The van der Waals surface area contributed by atoms with Gasteiger partial charge in [-0.1, -0.05) is 23.9 Å². The van der Waals surface area contributed by atoms with Gasteiger partial charge in [0, 0.05) is 35.0 Å². The van der Waals surface area contributed by atoms with Gasteiger partial charge in [-0.15, -0.1) is 0 Å². The molecule has 2 atom stereocenters. The maximum atomic E-state index is 11.1. The van der Waals surface area contributed by atoms with Crippen LogP contribution in [0, 0.1) is 0 Å². The summed E-state index contributed by atoms with van der Waals surface area (Å²) in [5, 5.41) is 9.13. The number of ether oxygens (including phenoxy) is 1. The standard InChI is InChI=1S/C21H26N2O3S/c1-15-13-23(16(2)12-22(15)14-21(24)25)19-6-4-5-7-20(19)27-18-10-8-17(26-3)9-11-18/h4-11,15-16H,12-14H2,1-3H3,(H,24,25)/t15-,16-/m0/s1. The molecule has 0 aliphatic carbocycles. The molecule has 0 spiro atoms. The quantitative estimate of drug-likeness (QED) is 0.814. The Bertz CT molecular complexity index is 781. The van der Waals surface area contributed by atoms with E-state index in [0.717, 1.165) is 23.7 Å². The van der Waals surface area contributed by atoms with Crippen molar-refractivity contribution in [3.05, 3.63) is 48.5 Å².